The first-order valence-corrected chi connectivity index (χ1v) is 8.68. The average Bonchev–Trinajstić information content (AvgIpc) is 2.54. The Morgan fingerprint density at radius 1 is 1.19 bits per heavy atom. The second-order valence-electron chi connectivity index (χ2n) is 5.27. The minimum absolute atomic E-state index is 0.209. The lowest BCUT2D eigenvalue weighted by atomic mass is 10.0. The molecule has 136 valence electrons. The number of rotatable bonds is 6. The van der Waals surface area contributed by atoms with Crippen LogP contribution < -0.4 is 5.32 Å². The highest BCUT2D eigenvalue weighted by Crippen LogP contribution is 2.21. The average molecular weight is 490 g/mol. The fourth-order valence-corrected chi connectivity index (χ4v) is 3.48. The summed E-state index contributed by atoms with van der Waals surface area (Å²) >= 11 is 6.47. The van der Waals surface area contributed by atoms with E-state index >= 15 is 0 Å². The number of nitro benzene ring substituents is 1. The fourth-order valence-electron chi connectivity index (χ4n) is 2.19. The normalized spacial score (nSPS) is 11.7. The Morgan fingerprint density at radius 3 is 2.35 bits per heavy atom. The second kappa shape index (κ2) is 8.37. The van der Waals surface area contributed by atoms with Gasteiger partial charge in [-0.3, -0.25) is 14.9 Å². The van der Waals surface area contributed by atoms with Gasteiger partial charge < -0.3 is 10.4 Å². The largest absolute Gasteiger partial charge is 0.480 e. The Hall–Kier alpha value is -2.33. The molecule has 0 radical (unpaired) electrons. The monoisotopic (exact) mass is 488 g/mol. The van der Waals surface area contributed by atoms with Gasteiger partial charge in [0.05, 0.1) is 4.92 Å². The van der Waals surface area contributed by atoms with Crippen molar-refractivity contribution in [3.63, 3.8) is 0 Å². The van der Waals surface area contributed by atoms with E-state index in [-0.39, 0.29) is 17.5 Å². The summed E-state index contributed by atoms with van der Waals surface area (Å²) < 4.78 is 14.6. The lowest BCUT2D eigenvalue weighted by Crippen LogP contribution is -2.42. The van der Waals surface area contributed by atoms with Crippen LogP contribution in [0.5, 0.6) is 0 Å². The summed E-state index contributed by atoms with van der Waals surface area (Å²) in [6.45, 7) is 0. The highest BCUT2D eigenvalue weighted by atomic mass is 79.9. The number of carboxylic acids is 1. The van der Waals surface area contributed by atoms with E-state index in [1.165, 1.54) is 18.2 Å². The number of halogens is 3. The van der Waals surface area contributed by atoms with E-state index in [9.17, 15) is 29.2 Å². The Kier molecular flexibility index (Phi) is 6.43. The van der Waals surface area contributed by atoms with E-state index in [2.05, 4.69) is 37.2 Å². The molecule has 2 rings (SSSR count). The smallest absolute Gasteiger partial charge is 0.326 e. The first-order chi connectivity index (χ1) is 12.2. The van der Waals surface area contributed by atoms with Gasteiger partial charge in [0, 0.05) is 27.0 Å². The highest BCUT2D eigenvalue weighted by molar-refractivity contribution is 9.11. The zero-order valence-electron chi connectivity index (χ0n) is 12.9. The molecule has 0 unspecified atom stereocenters. The van der Waals surface area contributed by atoms with Crippen molar-refractivity contribution in [1.29, 1.82) is 0 Å². The molecule has 0 aliphatic carbocycles. The van der Waals surface area contributed by atoms with E-state index in [0.29, 0.717) is 8.95 Å². The molecular weight excluding hydrogens is 479 g/mol. The molecule has 0 aliphatic rings. The minimum atomic E-state index is -1.34. The fraction of sp³-hybridized carbons (Fsp3) is 0.125. The van der Waals surface area contributed by atoms with Gasteiger partial charge in [-0.15, -0.1) is 0 Å². The van der Waals surface area contributed by atoms with Gasteiger partial charge in [0.1, 0.15) is 6.04 Å². The molecule has 0 fully saturated rings. The molecule has 1 amide bonds. The molecule has 2 aromatic carbocycles. The SMILES string of the molecule is O=C(N[C@H](Cc1ccc(F)c([N+](=O)[O-])c1)C(=O)O)c1cc(Br)cc(Br)c1. The number of hydrogen-bond donors (Lipinski definition) is 2. The van der Waals surface area contributed by atoms with Crippen LogP contribution in [0.1, 0.15) is 15.9 Å². The molecule has 10 heteroatoms. The number of benzene rings is 2. The number of nitrogens with zero attached hydrogens (tertiary/aromatic N) is 1. The summed E-state index contributed by atoms with van der Waals surface area (Å²) in [4.78, 5) is 33.6. The molecule has 0 heterocycles. The minimum Gasteiger partial charge on any atom is -0.480 e. The van der Waals surface area contributed by atoms with E-state index in [1.54, 1.807) is 6.07 Å². The maximum absolute atomic E-state index is 13.4. The molecule has 0 saturated carbocycles. The van der Waals surface area contributed by atoms with Crippen LogP contribution in [0.25, 0.3) is 0 Å². The first kappa shape index (κ1) is 20.0. The molecule has 0 bridgehead atoms. The predicted molar refractivity (Wildman–Crippen MR) is 97.5 cm³/mol. The Balaban J connectivity index is 2.22. The number of nitrogens with one attached hydrogen (secondary N) is 1. The van der Waals surface area contributed by atoms with Gasteiger partial charge in [-0.05, 0) is 29.8 Å². The third-order valence-corrected chi connectivity index (χ3v) is 4.29. The zero-order chi connectivity index (χ0) is 19.4. The van der Waals surface area contributed by atoms with Gasteiger partial charge in [-0.2, -0.15) is 4.39 Å². The summed E-state index contributed by atoms with van der Waals surface area (Å²) in [5, 5.41) is 22.5. The van der Waals surface area contributed by atoms with Crippen molar-refractivity contribution >= 4 is 49.4 Å². The lowest BCUT2D eigenvalue weighted by molar-refractivity contribution is -0.387. The molecule has 2 N–H and O–H groups in total. The lowest BCUT2D eigenvalue weighted by Gasteiger charge is -2.15. The van der Waals surface area contributed by atoms with Crippen molar-refractivity contribution < 1.29 is 24.0 Å². The summed E-state index contributed by atoms with van der Waals surface area (Å²) in [7, 11) is 0. The van der Waals surface area contributed by atoms with Gasteiger partial charge >= 0.3 is 11.7 Å². The summed E-state index contributed by atoms with van der Waals surface area (Å²) in [5.74, 6) is -2.97. The van der Waals surface area contributed by atoms with E-state index in [0.717, 1.165) is 12.1 Å². The summed E-state index contributed by atoms with van der Waals surface area (Å²) in [6, 6.07) is 6.48. The maximum atomic E-state index is 13.4. The number of hydrogen-bond acceptors (Lipinski definition) is 4. The number of aliphatic carboxylic acids is 1. The predicted octanol–water partition coefficient (Wildman–Crippen LogP) is 3.68. The molecule has 0 aromatic heterocycles. The highest BCUT2D eigenvalue weighted by Gasteiger charge is 2.23. The van der Waals surface area contributed by atoms with Crippen molar-refractivity contribution in [2.24, 2.45) is 0 Å². The van der Waals surface area contributed by atoms with Gasteiger partial charge in [0.15, 0.2) is 0 Å². The second-order valence-corrected chi connectivity index (χ2v) is 7.10. The van der Waals surface area contributed by atoms with Crippen LogP contribution in [0.3, 0.4) is 0 Å². The Bertz CT molecular complexity index is 871. The van der Waals surface area contributed by atoms with Crippen LogP contribution in [-0.2, 0) is 11.2 Å². The van der Waals surface area contributed by atoms with Crippen LogP contribution in [0.2, 0.25) is 0 Å². The molecule has 0 saturated heterocycles. The molecular formula is C16H11Br2FN2O5. The summed E-state index contributed by atoms with van der Waals surface area (Å²) in [5.41, 5.74) is -0.322. The van der Waals surface area contributed by atoms with E-state index in [1.807, 2.05) is 0 Å². The van der Waals surface area contributed by atoms with Gasteiger partial charge in [0.2, 0.25) is 5.82 Å². The molecule has 7 nitrogen and oxygen atoms in total. The van der Waals surface area contributed by atoms with Gasteiger partial charge in [-0.1, -0.05) is 37.9 Å². The quantitative estimate of drug-likeness (QED) is 0.475. The van der Waals surface area contributed by atoms with Crippen LogP contribution in [-0.4, -0.2) is 27.9 Å². The molecule has 2 aromatic rings. The zero-order valence-corrected chi connectivity index (χ0v) is 16.1. The van der Waals surface area contributed by atoms with Gasteiger partial charge in [-0.25, -0.2) is 4.79 Å². The third-order valence-electron chi connectivity index (χ3n) is 3.38. The summed E-state index contributed by atoms with van der Waals surface area (Å²) in [6.07, 6.45) is -0.239. The number of carbonyl (C=O) groups excluding carboxylic acids is 1. The van der Waals surface area contributed by atoms with E-state index < -0.39 is 34.3 Å². The van der Waals surface area contributed by atoms with Crippen LogP contribution >= 0.6 is 31.9 Å². The Labute approximate surface area is 163 Å². The van der Waals surface area contributed by atoms with Crippen LogP contribution in [0.15, 0.2) is 45.3 Å². The molecule has 26 heavy (non-hydrogen) atoms. The number of amides is 1. The molecule has 1 atom stereocenters. The van der Waals surface area contributed by atoms with Crippen molar-refractivity contribution in [1.82, 2.24) is 5.32 Å². The van der Waals surface area contributed by atoms with Crippen molar-refractivity contribution in [3.8, 4) is 0 Å². The van der Waals surface area contributed by atoms with Crippen LogP contribution in [0.4, 0.5) is 10.1 Å². The maximum Gasteiger partial charge on any atom is 0.326 e. The number of nitro groups is 1. The van der Waals surface area contributed by atoms with Crippen LogP contribution in [0, 0.1) is 15.9 Å². The molecule has 0 aliphatic heterocycles. The third kappa shape index (κ3) is 5.09. The number of carbonyl (C=O) groups is 2. The van der Waals surface area contributed by atoms with E-state index in [4.69, 9.17) is 0 Å². The molecule has 0 spiro atoms. The van der Waals surface area contributed by atoms with Crippen molar-refractivity contribution in [2.75, 3.05) is 0 Å². The van der Waals surface area contributed by atoms with Gasteiger partial charge in [0.25, 0.3) is 5.91 Å². The van der Waals surface area contributed by atoms with Crippen molar-refractivity contribution in [2.45, 2.75) is 12.5 Å². The Morgan fingerprint density at radius 2 is 1.81 bits per heavy atom. The number of carboxylic acid groups (broad SMARTS) is 1. The van der Waals surface area contributed by atoms with Crippen molar-refractivity contribution in [3.05, 3.63) is 72.4 Å². The first-order valence-electron chi connectivity index (χ1n) is 7.10. The standard InChI is InChI=1S/C16H11Br2FN2O5/c17-10-5-9(6-11(18)7-10)15(22)20-13(16(23)24)3-8-1-2-12(19)14(4-8)21(25)26/h1-2,4-7,13H,3H2,(H,20,22)(H,23,24)/t13-/m1/s1. The topological polar surface area (TPSA) is 110 Å².